The molecule has 0 atom stereocenters. The molecule has 1 fully saturated rings. The van der Waals surface area contributed by atoms with Crippen molar-refractivity contribution in [1.29, 1.82) is 0 Å². The number of nitrogens with zero attached hydrogens (tertiary/aromatic N) is 1. The molecule has 2 aromatic rings. The molecule has 1 aliphatic heterocycles. The zero-order chi connectivity index (χ0) is 16.4. The summed E-state index contributed by atoms with van der Waals surface area (Å²) in [5.74, 6) is -0.229. The van der Waals surface area contributed by atoms with Crippen molar-refractivity contribution in [2.75, 3.05) is 16.8 Å². The Morgan fingerprint density at radius 3 is 2.57 bits per heavy atom. The number of benzene rings is 2. The van der Waals surface area contributed by atoms with Crippen molar-refractivity contribution in [3.05, 3.63) is 56.6 Å². The molecule has 1 saturated heterocycles. The van der Waals surface area contributed by atoms with Crippen molar-refractivity contribution in [1.82, 2.24) is 0 Å². The Bertz CT molecular complexity index is 762. The van der Waals surface area contributed by atoms with Gasteiger partial charge in [0.15, 0.2) is 0 Å². The summed E-state index contributed by atoms with van der Waals surface area (Å²) in [4.78, 5) is 26.2. The molecule has 3 rings (SSSR count). The van der Waals surface area contributed by atoms with E-state index < -0.39 is 0 Å². The monoisotopic (exact) mass is 440 g/mol. The summed E-state index contributed by atoms with van der Waals surface area (Å²) in [5.41, 5.74) is 1.73. The lowest BCUT2D eigenvalue weighted by Gasteiger charge is -2.19. The molecule has 0 bridgehead atoms. The van der Waals surface area contributed by atoms with E-state index in [0.717, 1.165) is 9.99 Å². The Balaban J connectivity index is 1.90. The molecule has 23 heavy (non-hydrogen) atoms. The maximum Gasteiger partial charge on any atom is 0.257 e. The van der Waals surface area contributed by atoms with Crippen molar-refractivity contribution in [3.63, 3.8) is 0 Å². The number of nitrogens with one attached hydrogen (secondary N) is 1. The first kappa shape index (κ1) is 16.3. The summed E-state index contributed by atoms with van der Waals surface area (Å²) in [5, 5.41) is 3.37. The molecule has 1 aliphatic rings. The Kier molecular flexibility index (Phi) is 4.87. The zero-order valence-electron chi connectivity index (χ0n) is 12.2. The number of hydrogen-bond acceptors (Lipinski definition) is 2. The smallest absolute Gasteiger partial charge is 0.257 e. The minimum absolute atomic E-state index is 0.0237. The average Bonchev–Trinajstić information content (AvgIpc) is 2.95. The molecule has 0 aliphatic carbocycles. The number of anilines is 2. The third-order valence-corrected chi connectivity index (χ3v) is 4.62. The Morgan fingerprint density at radius 2 is 1.91 bits per heavy atom. The van der Waals surface area contributed by atoms with Gasteiger partial charge < -0.3 is 10.2 Å². The van der Waals surface area contributed by atoms with Crippen LogP contribution in [0.25, 0.3) is 0 Å². The molecular weight excluding hydrogens is 427 g/mol. The van der Waals surface area contributed by atoms with Crippen LogP contribution in [0.15, 0.2) is 42.5 Å². The Hall–Kier alpha value is -1.60. The molecular formula is C17H14ClIN2O2. The third kappa shape index (κ3) is 3.67. The van der Waals surface area contributed by atoms with Gasteiger partial charge in [-0.3, -0.25) is 9.59 Å². The number of amides is 2. The second-order valence-corrected chi connectivity index (χ2v) is 6.95. The number of carbonyl (C=O) groups is 2. The van der Waals surface area contributed by atoms with Gasteiger partial charge in [-0.1, -0.05) is 11.6 Å². The van der Waals surface area contributed by atoms with Crippen LogP contribution in [0.4, 0.5) is 11.4 Å². The van der Waals surface area contributed by atoms with Gasteiger partial charge in [-0.2, -0.15) is 0 Å². The summed E-state index contributed by atoms with van der Waals surface area (Å²) < 4.78 is 1.09. The largest absolute Gasteiger partial charge is 0.322 e. The van der Waals surface area contributed by atoms with Gasteiger partial charge in [-0.05, 0) is 71.5 Å². The molecule has 4 nitrogen and oxygen atoms in total. The van der Waals surface area contributed by atoms with Gasteiger partial charge in [0.05, 0.1) is 11.3 Å². The molecule has 6 heteroatoms. The lowest BCUT2D eigenvalue weighted by Crippen LogP contribution is -2.27. The fourth-order valence-electron chi connectivity index (χ4n) is 2.55. The second kappa shape index (κ2) is 6.88. The highest BCUT2D eigenvalue weighted by Gasteiger charge is 2.26. The van der Waals surface area contributed by atoms with Gasteiger partial charge in [0.25, 0.3) is 5.91 Å². The molecule has 0 saturated carbocycles. The molecule has 0 radical (unpaired) electrons. The van der Waals surface area contributed by atoms with Gasteiger partial charge in [-0.25, -0.2) is 0 Å². The van der Waals surface area contributed by atoms with Crippen LogP contribution in [-0.2, 0) is 4.79 Å². The van der Waals surface area contributed by atoms with Gasteiger partial charge in [0, 0.05) is 27.2 Å². The van der Waals surface area contributed by atoms with Crippen LogP contribution in [0, 0.1) is 3.57 Å². The van der Waals surface area contributed by atoms with Gasteiger partial charge in [0.2, 0.25) is 5.91 Å². The quantitative estimate of drug-likeness (QED) is 0.723. The lowest BCUT2D eigenvalue weighted by atomic mass is 10.1. The van der Waals surface area contributed by atoms with Crippen molar-refractivity contribution >= 4 is 57.4 Å². The number of rotatable bonds is 3. The number of carbonyl (C=O) groups excluding carboxylic acids is 2. The SMILES string of the molecule is O=C(Nc1ccc(I)cc1)c1ccc(Cl)cc1N1CCCC1=O. The number of halogens is 2. The standard InChI is InChI=1S/C17H14ClIN2O2/c18-11-3-8-14(15(10-11)21-9-1-2-16(21)22)17(23)20-13-6-4-12(19)5-7-13/h3-8,10H,1-2,9H2,(H,20,23). The number of hydrogen-bond donors (Lipinski definition) is 1. The molecule has 118 valence electrons. The van der Waals surface area contributed by atoms with E-state index in [1.165, 1.54) is 0 Å². The third-order valence-electron chi connectivity index (χ3n) is 3.67. The van der Waals surface area contributed by atoms with Crippen LogP contribution in [0.3, 0.4) is 0 Å². The van der Waals surface area contributed by atoms with Crippen LogP contribution in [-0.4, -0.2) is 18.4 Å². The molecule has 1 heterocycles. The van der Waals surface area contributed by atoms with E-state index in [9.17, 15) is 9.59 Å². The second-order valence-electron chi connectivity index (χ2n) is 5.27. The predicted octanol–water partition coefficient (Wildman–Crippen LogP) is 4.32. The zero-order valence-corrected chi connectivity index (χ0v) is 15.1. The lowest BCUT2D eigenvalue weighted by molar-refractivity contribution is -0.117. The highest BCUT2D eigenvalue weighted by Crippen LogP contribution is 2.29. The fourth-order valence-corrected chi connectivity index (χ4v) is 3.08. The van der Waals surface area contributed by atoms with E-state index in [2.05, 4.69) is 27.9 Å². The van der Waals surface area contributed by atoms with Crippen LogP contribution in [0.1, 0.15) is 23.2 Å². The van der Waals surface area contributed by atoms with Crippen LogP contribution >= 0.6 is 34.2 Å². The van der Waals surface area contributed by atoms with Crippen molar-refractivity contribution in [2.45, 2.75) is 12.8 Å². The predicted molar refractivity (Wildman–Crippen MR) is 100 cm³/mol. The van der Waals surface area contributed by atoms with E-state index in [4.69, 9.17) is 11.6 Å². The van der Waals surface area contributed by atoms with Crippen molar-refractivity contribution in [2.24, 2.45) is 0 Å². The maximum atomic E-state index is 12.6. The summed E-state index contributed by atoms with van der Waals surface area (Å²) in [6, 6.07) is 12.5. The van der Waals surface area contributed by atoms with E-state index in [0.29, 0.717) is 34.9 Å². The molecule has 0 spiro atoms. The Labute approximate surface area is 153 Å². The summed E-state index contributed by atoms with van der Waals surface area (Å²) >= 11 is 8.26. The highest BCUT2D eigenvalue weighted by atomic mass is 127. The fraction of sp³-hybridized carbons (Fsp3) is 0.176. The van der Waals surface area contributed by atoms with Gasteiger partial charge in [-0.15, -0.1) is 0 Å². The normalized spacial score (nSPS) is 14.2. The maximum absolute atomic E-state index is 12.6. The average molecular weight is 441 g/mol. The van der Waals surface area contributed by atoms with Crippen molar-refractivity contribution in [3.8, 4) is 0 Å². The minimum atomic E-state index is -0.252. The molecule has 0 unspecified atom stereocenters. The van der Waals surface area contributed by atoms with Crippen LogP contribution < -0.4 is 10.2 Å². The van der Waals surface area contributed by atoms with Crippen LogP contribution in [0.5, 0.6) is 0 Å². The first-order chi connectivity index (χ1) is 11.0. The van der Waals surface area contributed by atoms with Gasteiger partial charge >= 0.3 is 0 Å². The highest BCUT2D eigenvalue weighted by molar-refractivity contribution is 14.1. The summed E-state index contributed by atoms with van der Waals surface area (Å²) in [6.07, 6.45) is 1.30. The molecule has 1 N–H and O–H groups in total. The molecule has 0 aromatic heterocycles. The van der Waals surface area contributed by atoms with Crippen LogP contribution in [0.2, 0.25) is 5.02 Å². The molecule has 2 aromatic carbocycles. The summed E-state index contributed by atoms with van der Waals surface area (Å²) in [7, 11) is 0. The van der Waals surface area contributed by atoms with E-state index in [1.807, 2.05) is 24.3 Å². The first-order valence-electron chi connectivity index (χ1n) is 7.21. The van der Waals surface area contributed by atoms with Crippen molar-refractivity contribution < 1.29 is 9.59 Å². The van der Waals surface area contributed by atoms with E-state index >= 15 is 0 Å². The topological polar surface area (TPSA) is 49.4 Å². The minimum Gasteiger partial charge on any atom is -0.322 e. The van der Waals surface area contributed by atoms with Gasteiger partial charge in [0.1, 0.15) is 0 Å². The van der Waals surface area contributed by atoms with E-state index in [1.54, 1.807) is 23.1 Å². The van der Waals surface area contributed by atoms with E-state index in [-0.39, 0.29) is 11.8 Å². The first-order valence-corrected chi connectivity index (χ1v) is 8.67. The molecule has 2 amide bonds. The Morgan fingerprint density at radius 1 is 1.17 bits per heavy atom. The summed E-state index contributed by atoms with van der Waals surface area (Å²) in [6.45, 7) is 0.614.